The van der Waals surface area contributed by atoms with Crippen LogP contribution >= 0.6 is 24.0 Å². The van der Waals surface area contributed by atoms with Crippen LogP contribution in [0.4, 0.5) is 13.2 Å². The summed E-state index contributed by atoms with van der Waals surface area (Å²) in [6.07, 6.45) is -2.45. The van der Waals surface area contributed by atoms with Crippen LogP contribution in [0.2, 0.25) is 0 Å². The summed E-state index contributed by atoms with van der Waals surface area (Å²) in [5.74, 6) is 1.14. The number of rotatable bonds is 6. The van der Waals surface area contributed by atoms with Crippen molar-refractivity contribution in [2.24, 2.45) is 10.9 Å². The fraction of sp³-hybridized carbons (Fsp3) is 0.632. The van der Waals surface area contributed by atoms with Gasteiger partial charge in [0.15, 0.2) is 5.96 Å². The fourth-order valence-corrected chi connectivity index (χ4v) is 3.18. The molecular weight excluding hydrogens is 468 g/mol. The summed E-state index contributed by atoms with van der Waals surface area (Å²) in [4.78, 5) is 6.44. The molecule has 8 heteroatoms. The first-order valence-electron chi connectivity index (χ1n) is 9.17. The molecule has 1 atom stereocenters. The largest absolute Gasteiger partial charge is 0.390 e. The predicted molar refractivity (Wildman–Crippen MR) is 114 cm³/mol. The van der Waals surface area contributed by atoms with Crippen LogP contribution in [-0.2, 0) is 13.1 Å². The van der Waals surface area contributed by atoms with Gasteiger partial charge in [0.25, 0.3) is 0 Å². The second-order valence-corrected chi connectivity index (χ2v) is 7.02. The van der Waals surface area contributed by atoms with E-state index in [0.29, 0.717) is 12.5 Å². The highest BCUT2D eigenvalue weighted by atomic mass is 127. The number of hydrogen-bond donors (Lipinski definition) is 2. The number of benzene rings is 1. The molecule has 0 amide bonds. The molecule has 1 fully saturated rings. The molecular formula is C19H30F3IN4. The fourth-order valence-electron chi connectivity index (χ4n) is 3.18. The zero-order valence-corrected chi connectivity index (χ0v) is 18.3. The van der Waals surface area contributed by atoms with Gasteiger partial charge in [-0.05, 0) is 36.4 Å². The molecule has 4 nitrogen and oxygen atoms in total. The topological polar surface area (TPSA) is 39.7 Å². The Morgan fingerprint density at radius 3 is 2.44 bits per heavy atom. The van der Waals surface area contributed by atoms with Crippen molar-refractivity contribution < 1.29 is 13.2 Å². The standard InChI is InChI=1S/C19H29F3N4.HI/c1-15-4-3-11-26(13-15)14-17-7-5-16(6-8-17)12-25-18(23-2)24-10-9-19(20,21)22;/h5-8,15H,3-4,9-14H2,1-2H3,(H2,23,24,25);1H. The van der Waals surface area contributed by atoms with Gasteiger partial charge < -0.3 is 10.6 Å². The number of piperidine rings is 1. The molecule has 2 N–H and O–H groups in total. The summed E-state index contributed by atoms with van der Waals surface area (Å²) >= 11 is 0. The van der Waals surface area contributed by atoms with Gasteiger partial charge in [0.2, 0.25) is 0 Å². The average molecular weight is 498 g/mol. The van der Waals surface area contributed by atoms with E-state index < -0.39 is 12.6 Å². The van der Waals surface area contributed by atoms with Gasteiger partial charge in [0, 0.05) is 33.2 Å². The Labute approximate surface area is 177 Å². The van der Waals surface area contributed by atoms with Gasteiger partial charge in [0.05, 0.1) is 6.42 Å². The van der Waals surface area contributed by atoms with Gasteiger partial charge in [-0.15, -0.1) is 24.0 Å². The molecule has 1 aliphatic rings. The molecule has 0 aliphatic carbocycles. The number of aliphatic imine (C=N–C) groups is 1. The zero-order chi connectivity index (χ0) is 19.0. The van der Waals surface area contributed by atoms with Gasteiger partial charge in [-0.2, -0.15) is 13.2 Å². The van der Waals surface area contributed by atoms with Gasteiger partial charge in [-0.25, -0.2) is 0 Å². The van der Waals surface area contributed by atoms with E-state index in [1.165, 1.54) is 18.4 Å². The monoisotopic (exact) mass is 498 g/mol. The van der Waals surface area contributed by atoms with E-state index in [0.717, 1.165) is 31.1 Å². The molecule has 1 heterocycles. The smallest absolute Gasteiger partial charge is 0.356 e. The van der Waals surface area contributed by atoms with Gasteiger partial charge in [-0.3, -0.25) is 9.89 Å². The average Bonchev–Trinajstić information content (AvgIpc) is 2.58. The Balaban J connectivity index is 0.00000364. The Kier molecular flexibility index (Phi) is 10.4. The normalized spacial score (nSPS) is 18.7. The summed E-state index contributed by atoms with van der Waals surface area (Å²) in [5, 5.41) is 5.72. The second kappa shape index (κ2) is 11.7. The number of nitrogens with one attached hydrogen (secondary N) is 2. The van der Waals surface area contributed by atoms with Gasteiger partial charge >= 0.3 is 6.18 Å². The van der Waals surface area contributed by atoms with E-state index in [-0.39, 0.29) is 30.5 Å². The van der Waals surface area contributed by atoms with Crippen molar-refractivity contribution in [3.63, 3.8) is 0 Å². The van der Waals surface area contributed by atoms with Crippen LogP contribution in [0.1, 0.15) is 37.3 Å². The molecule has 2 rings (SSSR count). The number of halogens is 4. The van der Waals surface area contributed by atoms with E-state index in [1.807, 2.05) is 0 Å². The number of nitrogens with zero attached hydrogens (tertiary/aromatic N) is 2. The molecule has 27 heavy (non-hydrogen) atoms. The van der Waals surface area contributed by atoms with Crippen LogP contribution in [0.15, 0.2) is 29.3 Å². The maximum atomic E-state index is 12.2. The third kappa shape index (κ3) is 9.64. The summed E-state index contributed by atoms with van der Waals surface area (Å²) in [6.45, 7) is 5.93. The summed E-state index contributed by atoms with van der Waals surface area (Å²) in [7, 11) is 1.55. The van der Waals surface area contributed by atoms with Crippen LogP contribution in [-0.4, -0.2) is 43.7 Å². The van der Waals surface area contributed by atoms with Crippen LogP contribution in [0.5, 0.6) is 0 Å². The van der Waals surface area contributed by atoms with Crippen molar-refractivity contribution in [3.8, 4) is 0 Å². The van der Waals surface area contributed by atoms with E-state index in [4.69, 9.17) is 0 Å². The molecule has 1 unspecified atom stereocenters. The van der Waals surface area contributed by atoms with E-state index in [2.05, 4.69) is 51.7 Å². The Bertz CT molecular complexity index is 575. The quantitative estimate of drug-likeness (QED) is 0.352. The maximum absolute atomic E-state index is 12.2. The van der Waals surface area contributed by atoms with Crippen molar-refractivity contribution in [3.05, 3.63) is 35.4 Å². The number of alkyl halides is 3. The van der Waals surface area contributed by atoms with Crippen LogP contribution < -0.4 is 10.6 Å². The van der Waals surface area contributed by atoms with Crippen molar-refractivity contribution in [1.82, 2.24) is 15.5 Å². The summed E-state index contributed by atoms with van der Waals surface area (Å²) in [5.41, 5.74) is 2.36. The Morgan fingerprint density at radius 1 is 1.19 bits per heavy atom. The Morgan fingerprint density at radius 2 is 1.85 bits per heavy atom. The summed E-state index contributed by atoms with van der Waals surface area (Å²) < 4.78 is 36.6. The lowest BCUT2D eigenvalue weighted by Crippen LogP contribution is -2.38. The lowest BCUT2D eigenvalue weighted by molar-refractivity contribution is -0.132. The minimum atomic E-state index is -4.16. The minimum absolute atomic E-state index is 0. The molecule has 0 bridgehead atoms. The van der Waals surface area contributed by atoms with Crippen molar-refractivity contribution in [1.29, 1.82) is 0 Å². The van der Waals surface area contributed by atoms with Gasteiger partial charge in [-0.1, -0.05) is 31.2 Å². The SMILES string of the molecule is CN=C(NCCC(F)(F)F)NCc1ccc(CN2CCCC(C)C2)cc1.I. The van der Waals surface area contributed by atoms with Crippen molar-refractivity contribution >= 4 is 29.9 Å². The first-order valence-corrected chi connectivity index (χ1v) is 9.17. The molecule has 1 aromatic carbocycles. The minimum Gasteiger partial charge on any atom is -0.356 e. The highest BCUT2D eigenvalue weighted by Crippen LogP contribution is 2.19. The van der Waals surface area contributed by atoms with E-state index >= 15 is 0 Å². The molecule has 1 aliphatic heterocycles. The first-order chi connectivity index (χ1) is 12.4. The molecule has 0 aromatic heterocycles. The maximum Gasteiger partial charge on any atom is 0.390 e. The second-order valence-electron chi connectivity index (χ2n) is 7.02. The third-order valence-corrected chi connectivity index (χ3v) is 4.55. The van der Waals surface area contributed by atoms with Crippen LogP contribution in [0, 0.1) is 5.92 Å². The first kappa shape index (κ1) is 24.0. The number of hydrogen-bond acceptors (Lipinski definition) is 2. The lowest BCUT2D eigenvalue weighted by atomic mass is 9.99. The number of likely N-dealkylation sites (tertiary alicyclic amines) is 1. The predicted octanol–water partition coefficient (Wildman–Crippen LogP) is 4.15. The molecule has 1 saturated heterocycles. The van der Waals surface area contributed by atoms with Crippen LogP contribution in [0.25, 0.3) is 0 Å². The van der Waals surface area contributed by atoms with E-state index in [9.17, 15) is 13.2 Å². The lowest BCUT2D eigenvalue weighted by Gasteiger charge is -2.30. The molecule has 0 radical (unpaired) electrons. The van der Waals surface area contributed by atoms with Crippen LogP contribution in [0.3, 0.4) is 0 Å². The molecule has 0 spiro atoms. The number of guanidine groups is 1. The third-order valence-electron chi connectivity index (χ3n) is 4.55. The molecule has 1 aromatic rings. The molecule has 154 valence electrons. The Hall–Kier alpha value is -1.03. The van der Waals surface area contributed by atoms with Crippen molar-refractivity contribution in [2.75, 3.05) is 26.7 Å². The van der Waals surface area contributed by atoms with Crippen molar-refractivity contribution in [2.45, 2.75) is 45.5 Å². The summed E-state index contributed by atoms with van der Waals surface area (Å²) in [6, 6.07) is 8.35. The van der Waals surface area contributed by atoms with E-state index in [1.54, 1.807) is 7.05 Å². The highest BCUT2D eigenvalue weighted by molar-refractivity contribution is 14.0. The molecule has 0 saturated carbocycles. The highest BCUT2D eigenvalue weighted by Gasteiger charge is 2.26. The zero-order valence-electron chi connectivity index (χ0n) is 16.0. The van der Waals surface area contributed by atoms with Gasteiger partial charge in [0.1, 0.15) is 0 Å².